The van der Waals surface area contributed by atoms with E-state index in [-0.39, 0.29) is 36.4 Å². The molecular formula is C23H27BrN4O3. The number of morpholine rings is 1. The van der Waals surface area contributed by atoms with Crippen molar-refractivity contribution >= 4 is 39.2 Å². The summed E-state index contributed by atoms with van der Waals surface area (Å²) in [6, 6.07) is 11.5. The van der Waals surface area contributed by atoms with Crippen molar-refractivity contribution in [2.45, 2.75) is 39.0 Å². The predicted molar refractivity (Wildman–Crippen MR) is 123 cm³/mol. The first-order valence-electron chi connectivity index (χ1n) is 10.6. The van der Waals surface area contributed by atoms with Gasteiger partial charge in [0, 0.05) is 49.0 Å². The molecule has 0 spiro atoms. The molecular weight excluding hydrogens is 460 g/mol. The number of nitrogens with one attached hydrogen (secondary N) is 1. The number of ether oxygens (including phenoxy) is 1. The van der Waals surface area contributed by atoms with Crippen LogP contribution >= 0.6 is 15.9 Å². The van der Waals surface area contributed by atoms with E-state index in [9.17, 15) is 9.59 Å². The van der Waals surface area contributed by atoms with E-state index in [1.165, 1.54) is 0 Å². The second-order valence-corrected chi connectivity index (χ2v) is 9.21. The number of nitrogens with zero attached hydrogens (tertiary/aromatic N) is 3. The number of pyridine rings is 1. The van der Waals surface area contributed by atoms with Crippen molar-refractivity contribution in [3.63, 3.8) is 0 Å². The summed E-state index contributed by atoms with van der Waals surface area (Å²) in [5.41, 5.74) is 1.74. The van der Waals surface area contributed by atoms with Gasteiger partial charge in [-0.05, 0) is 43.7 Å². The van der Waals surface area contributed by atoms with Gasteiger partial charge in [-0.2, -0.15) is 0 Å². The molecule has 2 aliphatic heterocycles. The van der Waals surface area contributed by atoms with Gasteiger partial charge >= 0.3 is 0 Å². The van der Waals surface area contributed by atoms with Crippen molar-refractivity contribution in [3.05, 3.63) is 52.6 Å². The zero-order chi connectivity index (χ0) is 22.0. The summed E-state index contributed by atoms with van der Waals surface area (Å²) >= 11 is 3.43. The van der Waals surface area contributed by atoms with Crippen LogP contribution in [0.25, 0.3) is 0 Å². The third kappa shape index (κ3) is 5.25. The first-order valence-corrected chi connectivity index (χ1v) is 11.4. The molecule has 1 aromatic heterocycles. The number of anilines is 2. The van der Waals surface area contributed by atoms with Crippen LogP contribution in [-0.2, 0) is 20.9 Å². The third-order valence-corrected chi connectivity index (χ3v) is 6.13. The monoisotopic (exact) mass is 486 g/mol. The van der Waals surface area contributed by atoms with E-state index in [1.54, 1.807) is 11.1 Å². The van der Waals surface area contributed by atoms with E-state index in [0.29, 0.717) is 13.1 Å². The molecule has 2 aliphatic rings. The zero-order valence-corrected chi connectivity index (χ0v) is 19.3. The lowest BCUT2D eigenvalue weighted by Crippen LogP contribution is -2.45. The minimum atomic E-state index is -0.352. The van der Waals surface area contributed by atoms with Gasteiger partial charge < -0.3 is 19.9 Å². The Labute approximate surface area is 190 Å². The van der Waals surface area contributed by atoms with Crippen LogP contribution < -0.4 is 15.1 Å². The minimum absolute atomic E-state index is 0.0294. The fourth-order valence-corrected chi connectivity index (χ4v) is 4.57. The molecule has 0 radical (unpaired) electrons. The number of carbonyl (C=O) groups excluding carboxylic acids is 2. The number of hydrogen-bond acceptors (Lipinski definition) is 5. The Hall–Kier alpha value is -2.45. The highest BCUT2D eigenvalue weighted by Gasteiger charge is 2.35. The van der Waals surface area contributed by atoms with E-state index in [0.717, 1.165) is 34.6 Å². The van der Waals surface area contributed by atoms with Gasteiger partial charge in [0.2, 0.25) is 11.8 Å². The summed E-state index contributed by atoms with van der Waals surface area (Å²) in [5.74, 6) is 0.433. The molecule has 2 amide bonds. The second kappa shape index (κ2) is 9.36. The summed E-state index contributed by atoms with van der Waals surface area (Å²) in [6.45, 7) is 6.56. The first-order chi connectivity index (χ1) is 14.9. The molecule has 3 unspecified atom stereocenters. The smallest absolute Gasteiger partial charge is 0.227 e. The van der Waals surface area contributed by atoms with Gasteiger partial charge in [0.1, 0.15) is 5.82 Å². The largest absolute Gasteiger partial charge is 0.372 e. The van der Waals surface area contributed by atoms with Crippen molar-refractivity contribution in [1.29, 1.82) is 0 Å². The molecule has 0 saturated carbocycles. The lowest BCUT2D eigenvalue weighted by atomic mass is 10.1. The van der Waals surface area contributed by atoms with Crippen molar-refractivity contribution in [3.8, 4) is 0 Å². The molecule has 3 heterocycles. The SMILES string of the molecule is CC1CN(c2ccc(CNC(=O)C3CC(=O)N(c4cccc(Br)c4)C3)cn2)CC(C)O1. The number of aromatic nitrogens is 1. The molecule has 0 aliphatic carbocycles. The van der Waals surface area contributed by atoms with Gasteiger partial charge in [-0.3, -0.25) is 9.59 Å². The fourth-order valence-electron chi connectivity index (χ4n) is 4.18. The fraction of sp³-hybridized carbons (Fsp3) is 0.435. The molecule has 2 fully saturated rings. The minimum Gasteiger partial charge on any atom is -0.372 e. The van der Waals surface area contributed by atoms with Crippen LogP contribution in [0.4, 0.5) is 11.5 Å². The van der Waals surface area contributed by atoms with Gasteiger partial charge in [0.25, 0.3) is 0 Å². The van der Waals surface area contributed by atoms with Gasteiger partial charge in [-0.25, -0.2) is 4.98 Å². The maximum atomic E-state index is 12.7. The molecule has 4 rings (SSSR count). The first kappa shape index (κ1) is 21.8. The molecule has 2 aromatic rings. The van der Waals surface area contributed by atoms with Crippen LogP contribution in [0.2, 0.25) is 0 Å². The summed E-state index contributed by atoms with van der Waals surface area (Å²) in [7, 11) is 0. The Morgan fingerprint density at radius 3 is 2.65 bits per heavy atom. The molecule has 1 N–H and O–H groups in total. The van der Waals surface area contributed by atoms with Crippen LogP contribution in [0, 0.1) is 5.92 Å². The Morgan fingerprint density at radius 1 is 1.19 bits per heavy atom. The van der Waals surface area contributed by atoms with Crippen LogP contribution in [0.15, 0.2) is 47.1 Å². The highest BCUT2D eigenvalue weighted by Crippen LogP contribution is 2.27. The van der Waals surface area contributed by atoms with Crippen molar-refractivity contribution in [2.24, 2.45) is 5.92 Å². The molecule has 7 nitrogen and oxygen atoms in total. The molecule has 8 heteroatoms. The average Bonchev–Trinajstić information content (AvgIpc) is 3.13. The van der Waals surface area contributed by atoms with E-state index in [1.807, 2.05) is 36.4 Å². The number of carbonyl (C=O) groups is 2. The second-order valence-electron chi connectivity index (χ2n) is 8.29. The molecule has 0 bridgehead atoms. The normalized spacial score (nSPS) is 23.8. The number of rotatable bonds is 5. The lowest BCUT2D eigenvalue weighted by molar-refractivity contribution is -0.126. The van der Waals surface area contributed by atoms with Crippen LogP contribution in [-0.4, -0.2) is 48.6 Å². The van der Waals surface area contributed by atoms with E-state index < -0.39 is 0 Å². The third-order valence-electron chi connectivity index (χ3n) is 5.64. The highest BCUT2D eigenvalue weighted by molar-refractivity contribution is 9.10. The quantitative estimate of drug-likeness (QED) is 0.702. The Balaban J connectivity index is 1.31. The number of hydrogen-bond donors (Lipinski definition) is 1. The Morgan fingerprint density at radius 2 is 1.97 bits per heavy atom. The number of halogens is 1. The van der Waals surface area contributed by atoms with Gasteiger partial charge in [0.15, 0.2) is 0 Å². The summed E-state index contributed by atoms with van der Waals surface area (Å²) in [4.78, 5) is 33.5. The number of benzene rings is 1. The maximum Gasteiger partial charge on any atom is 0.227 e. The lowest BCUT2D eigenvalue weighted by Gasteiger charge is -2.36. The standard InChI is InChI=1S/C23H27BrN4O3/c1-15-12-27(13-16(2)31-15)21-7-6-17(10-25-21)11-26-23(30)18-8-22(29)28(14-18)20-5-3-4-19(24)9-20/h3-7,9-10,15-16,18H,8,11-14H2,1-2H3,(H,26,30). The zero-order valence-electron chi connectivity index (χ0n) is 17.8. The molecule has 2 saturated heterocycles. The summed E-state index contributed by atoms with van der Waals surface area (Å²) in [6.07, 6.45) is 2.38. The number of amides is 2. The van der Waals surface area contributed by atoms with Gasteiger partial charge in [0.05, 0.1) is 18.1 Å². The van der Waals surface area contributed by atoms with E-state index in [2.05, 4.69) is 45.0 Å². The summed E-state index contributed by atoms with van der Waals surface area (Å²) < 4.78 is 6.68. The van der Waals surface area contributed by atoms with Crippen molar-refractivity contribution in [1.82, 2.24) is 10.3 Å². The van der Waals surface area contributed by atoms with Gasteiger partial charge in [-0.1, -0.05) is 28.1 Å². The van der Waals surface area contributed by atoms with E-state index in [4.69, 9.17) is 4.74 Å². The molecule has 3 atom stereocenters. The Bertz CT molecular complexity index is 942. The molecule has 164 valence electrons. The molecule has 31 heavy (non-hydrogen) atoms. The highest BCUT2D eigenvalue weighted by atomic mass is 79.9. The molecule has 1 aromatic carbocycles. The van der Waals surface area contributed by atoms with Crippen LogP contribution in [0.3, 0.4) is 0 Å². The van der Waals surface area contributed by atoms with E-state index >= 15 is 0 Å². The topological polar surface area (TPSA) is 74.8 Å². The average molecular weight is 487 g/mol. The van der Waals surface area contributed by atoms with Gasteiger partial charge in [-0.15, -0.1) is 0 Å². The maximum absolute atomic E-state index is 12.7. The van der Waals surface area contributed by atoms with Crippen molar-refractivity contribution < 1.29 is 14.3 Å². The predicted octanol–water partition coefficient (Wildman–Crippen LogP) is 3.13. The summed E-state index contributed by atoms with van der Waals surface area (Å²) in [5, 5.41) is 2.96. The van der Waals surface area contributed by atoms with Crippen molar-refractivity contribution in [2.75, 3.05) is 29.4 Å². The Kier molecular flexibility index (Phi) is 6.57. The van der Waals surface area contributed by atoms with Crippen LogP contribution in [0.5, 0.6) is 0 Å². The van der Waals surface area contributed by atoms with Crippen LogP contribution in [0.1, 0.15) is 25.8 Å².